The van der Waals surface area contributed by atoms with Gasteiger partial charge in [0.15, 0.2) is 6.61 Å². The van der Waals surface area contributed by atoms with Crippen molar-refractivity contribution in [3.05, 3.63) is 101 Å². The zero-order valence-corrected chi connectivity index (χ0v) is 19.6. The van der Waals surface area contributed by atoms with Gasteiger partial charge in [-0.25, -0.2) is 0 Å². The molecule has 0 fully saturated rings. The van der Waals surface area contributed by atoms with Gasteiger partial charge in [-0.05, 0) is 43.5 Å². The number of hydrogen-bond donors (Lipinski definition) is 1. The Labute approximate surface area is 196 Å². The van der Waals surface area contributed by atoms with E-state index in [9.17, 15) is 9.59 Å². The fourth-order valence-corrected chi connectivity index (χ4v) is 3.68. The first-order valence-electron chi connectivity index (χ1n) is 11.3. The van der Waals surface area contributed by atoms with Crippen LogP contribution in [0.4, 0.5) is 0 Å². The van der Waals surface area contributed by atoms with Crippen molar-refractivity contribution >= 4 is 11.8 Å². The molecule has 2 amide bonds. The molecule has 1 atom stereocenters. The quantitative estimate of drug-likeness (QED) is 0.502. The topological polar surface area (TPSA) is 58.6 Å². The second-order valence-electron chi connectivity index (χ2n) is 8.16. The van der Waals surface area contributed by atoms with Gasteiger partial charge in [-0.15, -0.1) is 0 Å². The predicted molar refractivity (Wildman–Crippen MR) is 131 cm³/mol. The maximum atomic E-state index is 13.5. The van der Waals surface area contributed by atoms with E-state index in [0.717, 1.165) is 22.3 Å². The van der Waals surface area contributed by atoms with Crippen molar-refractivity contribution in [2.24, 2.45) is 0 Å². The Balaban J connectivity index is 1.89. The van der Waals surface area contributed by atoms with Gasteiger partial charge in [0.2, 0.25) is 5.91 Å². The Bertz CT molecular complexity index is 1050. The summed E-state index contributed by atoms with van der Waals surface area (Å²) in [6, 6.07) is 24.7. The molecular weight excluding hydrogens is 412 g/mol. The summed E-state index contributed by atoms with van der Waals surface area (Å²) in [6.45, 7) is 6.53. The normalized spacial score (nSPS) is 11.5. The summed E-state index contributed by atoms with van der Waals surface area (Å²) in [6.07, 6.45) is 0.425. The monoisotopic (exact) mass is 444 g/mol. The van der Waals surface area contributed by atoms with Crippen LogP contribution in [0.3, 0.4) is 0 Å². The second kappa shape index (κ2) is 11.9. The van der Waals surface area contributed by atoms with Crippen LogP contribution in [0.5, 0.6) is 5.75 Å². The number of ether oxygens (including phenoxy) is 1. The lowest BCUT2D eigenvalue weighted by Gasteiger charge is -2.31. The van der Waals surface area contributed by atoms with Crippen LogP contribution in [0.15, 0.2) is 78.9 Å². The number of nitrogens with one attached hydrogen (secondary N) is 1. The maximum absolute atomic E-state index is 13.5. The number of carbonyl (C=O) groups is 2. The van der Waals surface area contributed by atoms with Crippen LogP contribution >= 0.6 is 0 Å². The predicted octanol–water partition coefficient (Wildman–Crippen LogP) is 4.46. The van der Waals surface area contributed by atoms with Gasteiger partial charge >= 0.3 is 0 Å². The summed E-state index contributed by atoms with van der Waals surface area (Å²) in [4.78, 5) is 28.2. The molecule has 0 aliphatic heterocycles. The summed E-state index contributed by atoms with van der Waals surface area (Å²) in [5.41, 5.74) is 4.06. The van der Waals surface area contributed by atoms with Gasteiger partial charge in [0.1, 0.15) is 11.8 Å². The molecule has 3 aromatic rings. The molecular formula is C28H32N2O3. The first-order chi connectivity index (χ1) is 16.0. The molecule has 1 unspecified atom stereocenters. The smallest absolute Gasteiger partial charge is 0.261 e. The third-order valence-corrected chi connectivity index (χ3v) is 5.54. The third-order valence-electron chi connectivity index (χ3n) is 5.54. The number of benzene rings is 3. The van der Waals surface area contributed by atoms with Crippen molar-refractivity contribution in [3.63, 3.8) is 0 Å². The number of para-hydroxylation sites is 1. The molecule has 0 aliphatic carbocycles. The Hall–Kier alpha value is -3.60. The number of hydrogen-bond acceptors (Lipinski definition) is 3. The van der Waals surface area contributed by atoms with Gasteiger partial charge in [0.25, 0.3) is 5.91 Å². The minimum absolute atomic E-state index is 0.137. The zero-order chi connectivity index (χ0) is 23.6. The van der Waals surface area contributed by atoms with Crippen LogP contribution in [0, 0.1) is 13.8 Å². The summed E-state index contributed by atoms with van der Waals surface area (Å²) >= 11 is 0. The van der Waals surface area contributed by atoms with Crippen molar-refractivity contribution in [2.75, 3.05) is 13.2 Å². The van der Waals surface area contributed by atoms with Crippen LogP contribution in [0.25, 0.3) is 0 Å². The Morgan fingerprint density at radius 2 is 1.55 bits per heavy atom. The highest BCUT2D eigenvalue weighted by Crippen LogP contribution is 2.18. The molecule has 33 heavy (non-hydrogen) atoms. The highest BCUT2D eigenvalue weighted by molar-refractivity contribution is 5.88. The van der Waals surface area contributed by atoms with Gasteiger partial charge in [0, 0.05) is 19.5 Å². The molecule has 3 aromatic carbocycles. The van der Waals surface area contributed by atoms with Crippen LogP contribution in [0.2, 0.25) is 0 Å². The van der Waals surface area contributed by atoms with E-state index in [1.807, 2.05) is 99.6 Å². The van der Waals surface area contributed by atoms with Gasteiger partial charge in [0.05, 0.1) is 0 Å². The largest absolute Gasteiger partial charge is 0.484 e. The number of likely N-dealkylation sites (N-methyl/N-ethyl adjacent to an activating group) is 1. The van der Waals surface area contributed by atoms with E-state index in [2.05, 4.69) is 5.32 Å². The Kier molecular flexibility index (Phi) is 8.64. The summed E-state index contributed by atoms with van der Waals surface area (Å²) < 4.78 is 5.85. The average Bonchev–Trinajstić information content (AvgIpc) is 2.82. The van der Waals surface area contributed by atoms with Crippen LogP contribution in [-0.2, 0) is 22.6 Å². The fourth-order valence-electron chi connectivity index (χ4n) is 3.68. The lowest BCUT2D eigenvalue weighted by atomic mass is 10.0. The molecule has 1 N–H and O–H groups in total. The molecule has 0 saturated carbocycles. The first kappa shape index (κ1) is 24.1. The number of amides is 2. The summed E-state index contributed by atoms with van der Waals surface area (Å²) in [5.74, 6) is 0.266. The van der Waals surface area contributed by atoms with Gasteiger partial charge < -0.3 is 15.0 Å². The van der Waals surface area contributed by atoms with Crippen LogP contribution < -0.4 is 10.1 Å². The van der Waals surface area contributed by atoms with Crippen molar-refractivity contribution in [3.8, 4) is 5.75 Å². The molecule has 5 nitrogen and oxygen atoms in total. The first-order valence-corrected chi connectivity index (χ1v) is 11.3. The molecule has 5 heteroatoms. The summed E-state index contributed by atoms with van der Waals surface area (Å²) in [7, 11) is 0. The SMILES string of the molecule is CCNC(=O)C(Cc1ccccc1)N(Cc1ccc(C)cc1)C(=O)COc1ccccc1C. The maximum Gasteiger partial charge on any atom is 0.261 e. The van der Waals surface area contributed by atoms with Crippen molar-refractivity contribution in [2.45, 2.75) is 39.8 Å². The molecule has 0 heterocycles. The van der Waals surface area contributed by atoms with Crippen molar-refractivity contribution < 1.29 is 14.3 Å². The molecule has 0 radical (unpaired) electrons. The number of aryl methyl sites for hydroxylation is 2. The lowest BCUT2D eigenvalue weighted by molar-refractivity contribution is -0.142. The number of carbonyl (C=O) groups excluding carboxylic acids is 2. The minimum atomic E-state index is -0.651. The zero-order valence-electron chi connectivity index (χ0n) is 19.6. The van der Waals surface area contributed by atoms with Gasteiger partial charge in [-0.1, -0.05) is 78.4 Å². The highest BCUT2D eigenvalue weighted by Gasteiger charge is 2.30. The fraction of sp³-hybridized carbons (Fsp3) is 0.286. The van der Waals surface area contributed by atoms with E-state index in [-0.39, 0.29) is 18.4 Å². The van der Waals surface area contributed by atoms with E-state index in [4.69, 9.17) is 4.74 Å². The van der Waals surface area contributed by atoms with E-state index in [1.165, 1.54) is 0 Å². The minimum Gasteiger partial charge on any atom is -0.484 e. The average molecular weight is 445 g/mol. The lowest BCUT2D eigenvalue weighted by Crippen LogP contribution is -2.51. The van der Waals surface area contributed by atoms with Gasteiger partial charge in [-0.3, -0.25) is 9.59 Å². The number of rotatable bonds is 10. The Morgan fingerprint density at radius 3 is 2.21 bits per heavy atom. The molecule has 0 bridgehead atoms. The third kappa shape index (κ3) is 6.94. The molecule has 0 saturated heterocycles. The molecule has 0 spiro atoms. The van der Waals surface area contributed by atoms with Crippen LogP contribution in [0.1, 0.15) is 29.2 Å². The summed E-state index contributed by atoms with van der Waals surface area (Å²) in [5, 5.41) is 2.91. The van der Waals surface area contributed by atoms with E-state index >= 15 is 0 Å². The van der Waals surface area contributed by atoms with E-state index in [0.29, 0.717) is 25.3 Å². The molecule has 3 rings (SSSR count). The highest BCUT2D eigenvalue weighted by atomic mass is 16.5. The second-order valence-corrected chi connectivity index (χ2v) is 8.16. The van der Waals surface area contributed by atoms with E-state index in [1.54, 1.807) is 4.90 Å². The van der Waals surface area contributed by atoms with Gasteiger partial charge in [-0.2, -0.15) is 0 Å². The molecule has 0 aliphatic rings. The molecule has 0 aromatic heterocycles. The Morgan fingerprint density at radius 1 is 0.879 bits per heavy atom. The van der Waals surface area contributed by atoms with E-state index < -0.39 is 6.04 Å². The van der Waals surface area contributed by atoms with Crippen LogP contribution in [-0.4, -0.2) is 35.9 Å². The van der Waals surface area contributed by atoms with Crippen molar-refractivity contribution in [1.29, 1.82) is 0 Å². The molecule has 172 valence electrons. The van der Waals surface area contributed by atoms with Crippen molar-refractivity contribution in [1.82, 2.24) is 10.2 Å². The number of nitrogens with zero attached hydrogens (tertiary/aromatic N) is 1. The standard InChI is InChI=1S/C28H32N2O3/c1-4-29-28(32)25(18-23-11-6-5-7-12-23)30(19-24-16-14-21(2)15-17-24)27(31)20-33-26-13-9-8-10-22(26)3/h5-17,25H,4,18-20H2,1-3H3,(H,29,32).